The van der Waals surface area contributed by atoms with Gasteiger partial charge in [0.1, 0.15) is 12.2 Å². The van der Waals surface area contributed by atoms with Gasteiger partial charge in [-0.25, -0.2) is 0 Å². The van der Waals surface area contributed by atoms with Gasteiger partial charge in [-0.1, -0.05) is 0 Å². The van der Waals surface area contributed by atoms with Crippen LogP contribution in [0.15, 0.2) is 24.3 Å². The van der Waals surface area contributed by atoms with Crippen LogP contribution in [0.4, 0.5) is 5.69 Å². The van der Waals surface area contributed by atoms with Crippen LogP contribution < -0.4 is 5.32 Å². The highest BCUT2D eigenvalue weighted by Gasteiger charge is 2.09. The van der Waals surface area contributed by atoms with Crippen molar-refractivity contribution < 1.29 is 19.4 Å². The lowest BCUT2D eigenvalue weighted by Crippen LogP contribution is -2.18. The Bertz CT molecular complexity index is 372. The number of benzene rings is 1. The fourth-order valence-corrected chi connectivity index (χ4v) is 1.09. The Labute approximate surface area is 93.0 Å². The minimum Gasteiger partial charge on any atom is -0.508 e. The van der Waals surface area contributed by atoms with E-state index in [-0.39, 0.29) is 18.8 Å². The first-order chi connectivity index (χ1) is 7.61. The number of phenols is 1. The summed E-state index contributed by atoms with van der Waals surface area (Å²) < 4.78 is 4.63. The Balaban J connectivity index is 2.45. The first-order valence-electron chi connectivity index (χ1n) is 4.86. The second kappa shape index (κ2) is 5.75. The van der Waals surface area contributed by atoms with Gasteiger partial charge < -0.3 is 15.2 Å². The van der Waals surface area contributed by atoms with E-state index in [1.54, 1.807) is 19.1 Å². The summed E-state index contributed by atoms with van der Waals surface area (Å²) in [6, 6.07) is 5.97. The highest BCUT2D eigenvalue weighted by Crippen LogP contribution is 2.13. The van der Waals surface area contributed by atoms with Gasteiger partial charge in [0.25, 0.3) is 0 Å². The number of anilines is 1. The molecular weight excluding hydrogens is 210 g/mol. The van der Waals surface area contributed by atoms with Crippen LogP contribution in [-0.4, -0.2) is 23.6 Å². The third-order valence-electron chi connectivity index (χ3n) is 1.76. The molecule has 0 fully saturated rings. The van der Waals surface area contributed by atoms with Crippen LogP contribution in [0, 0.1) is 0 Å². The summed E-state index contributed by atoms with van der Waals surface area (Å²) in [5.41, 5.74) is 0.520. The predicted octanol–water partition coefficient (Wildman–Crippen LogP) is 1.28. The Morgan fingerprint density at radius 3 is 2.50 bits per heavy atom. The van der Waals surface area contributed by atoms with Crippen LogP contribution in [0.3, 0.4) is 0 Å². The van der Waals surface area contributed by atoms with Crippen molar-refractivity contribution >= 4 is 17.6 Å². The summed E-state index contributed by atoms with van der Waals surface area (Å²) >= 11 is 0. The summed E-state index contributed by atoms with van der Waals surface area (Å²) in [5.74, 6) is -0.883. The zero-order valence-electron chi connectivity index (χ0n) is 8.90. The SMILES string of the molecule is CCOC(=O)CC(=O)Nc1ccc(O)cc1. The zero-order valence-corrected chi connectivity index (χ0v) is 8.90. The third kappa shape index (κ3) is 4.00. The molecule has 0 atom stereocenters. The largest absolute Gasteiger partial charge is 0.508 e. The first-order valence-corrected chi connectivity index (χ1v) is 4.86. The minimum atomic E-state index is -0.557. The van der Waals surface area contributed by atoms with Crippen molar-refractivity contribution in [2.45, 2.75) is 13.3 Å². The zero-order chi connectivity index (χ0) is 12.0. The maximum atomic E-state index is 11.3. The number of rotatable bonds is 4. The van der Waals surface area contributed by atoms with Gasteiger partial charge in [-0.2, -0.15) is 0 Å². The number of nitrogens with one attached hydrogen (secondary N) is 1. The number of hydrogen-bond donors (Lipinski definition) is 2. The highest BCUT2D eigenvalue weighted by atomic mass is 16.5. The number of ether oxygens (including phenoxy) is 1. The van der Waals surface area contributed by atoms with E-state index in [2.05, 4.69) is 10.1 Å². The second-order valence-electron chi connectivity index (χ2n) is 3.08. The molecule has 16 heavy (non-hydrogen) atoms. The van der Waals surface area contributed by atoms with E-state index < -0.39 is 11.9 Å². The lowest BCUT2D eigenvalue weighted by atomic mass is 10.3. The molecule has 1 rings (SSSR count). The standard InChI is InChI=1S/C11H13NO4/c1-2-16-11(15)7-10(14)12-8-3-5-9(13)6-4-8/h3-6,13H,2,7H2,1H3,(H,12,14). The molecule has 0 heterocycles. The van der Waals surface area contributed by atoms with Crippen LogP contribution in [0.1, 0.15) is 13.3 Å². The molecule has 0 aliphatic carbocycles. The Kier molecular flexibility index (Phi) is 4.32. The van der Waals surface area contributed by atoms with Crippen molar-refractivity contribution in [2.24, 2.45) is 0 Å². The molecule has 5 nitrogen and oxygen atoms in total. The quantitative estimate of drug-likeness (QED) is 0.458. The summed E-state index contributed by atoms with van der Waals surface area (Å²) in [4.78, 5) is 22.3. The van der Waals surface area contributed by atoms with Crippen LogP contribution in [0.2, 0.25) is 0 Å². The van der Waals surface area contributed by atoms with Crippen LogP contribution in [-0.2, 0) is 14.3 Å². The van der Waals surface area contributed by atoms with Crippen LogP contribution in [0.25, 0.3) is 0 Å². The normalized spacial score (nSPS) is 9.56. The van der Waals surface area contributed by atoms with Crippen molar-refractivity contribution in [2.75, 3.05) is 11.9 Å². The molecule has 1 aromatic carbocycles. The summed E-state index contributed by atoms with van der Waals surface area (Å²) in [6.45, 7) is 1.93. The number of phenolic OH excluding ortho intramolecular Hbond substituents is 1. The Morgan fingerprint density at radius 1 is 1.31 bits per heavy atom. The molecular formula is C11H13NO4. The predicted molar refractivity (Wildman–Crippen MR) is 58.0 cm³/mol. The number of carbonyl (C=O) groups is 2. The Morgan fingerprint density at radius 2 is 1.94 bits per heavy atom. The molecule has 2 N–H and O–H groups in total. The molecule has 0 saturated heterocycles. The average molecular weight is 223 g/mol. The fraction of sp³-hybridized carbons (Fsp3) is 0.273. The molecule has 0 spiro atoms. The van der Waals surface area contributed by atoms with E-state index in [9.17, 15) is 9.59 Å². The van der Waals surface area contributed by atoms with E-state index in [0.29, 0.717) is 5.69 Å². The van der Waals surface area contributed by atoms with Crippen molar-refractivity contribution in [1.82, 2.24) is 0 Å². The number of amides is 1. The smallest absolute Gasteiger partial charge is 0.315 e. The maximum absolute atomic E-state index is 11.3. The van der Waals surface area contributed by atoms with Gasteiger partial charge in [-0.05, 0) is 31.2 Å². The molecule has 5 heteroatoms. The van der Waals surface area contributed by atoms with E-state index in [4.69, 9.17) is 5.11 Å². The number of esters is 1. The van der Waals surface area contributed by atoms with E-state index in [0.717, 1.165) is 0 Å². The summed E-state index contributed by atoms with van der Waals surface area (Å²) in [6.07, 6.45) is -0.311. The van der Waals surface area contributed by atoms with Gasteiger partial charge in [0.2, 0.25) is 5.91 Å². The van der Waals surface area contributed by atoms with Crippen molar-refractivity contribution in [3.8, 4) is 5.75 Å². The molecule has 86 valence electrons. The minimum absolute atomic E-state index is 0.114. The lowest BCUT2D eigenvalue weighted by Gasteiger charge is -2.04. The van der Waals surface area contributed by atoms with Crippen molar-refractivity contribution in [3.63, 3.8) is 0 Å². The molecule has 0 unspecified atom stereocenters. The van der Waals surface area contributed by atoms with E-state index in [1.165, 1.54) is 12.1 Å². The van der Waals surface area contributed by atoms with Gasteiger partial charge in [0.05, 0.1) is 6.61 Å². The van der Waals surface area contributed by atoms with Crippen molar-refractivity contribution in [1.29, 1.82) is 0 Å². The number of carbonyl (C=O) groups excluding carboxylic acids is 2. The third-order valence-corrected chi connectivity index (χ3v) is 1.76. The topological polar surface area (TPSA) is 75.6 Å². The molecule has 0 bridgehead atoms. The second-order valence-corrected chi connectivity index (χ2v) is 3.08. The summed E-state index contributed by atoms with van der Waals surface area (Å²) in [7, 11) is 0. The molecule has 1 amide bonds. The van der Waals surface area contributed by atoms with Gasteiger partial charge in [0.15, 0.2) is 0 Å². The highest BCUT2D eigenvalue weighted by molar-refractivity contribution is 6.01. The molecule has 0 aromatic heterocycles. The lowest BCUT2D eigenvalue weighted by molar-refractivity contribution is -0.145. The Hall–Kier alpha value is -2.04. The maximum Gasteiger partial charge on any atom is 0.315 e. The van der Waals surface area contributed by atoms with Gasteiger partial charge in [0, 0.05) is 5.69 Å². The molecule has 0 radical (unpaired) electrons. The summed E-state index contributed by atoms with van der Waals surface area (Å²) in [5, 5.41) is 11.5. The van der Waals surface area contributed by atoms with Crippen molar-refractivity contribution in [3.05, 3.63) is 24.3 Å². The van der Waals surface area contributed by atoms with Crippen LogP contribution >= 0.6 is 0 Å². The van der Waals surface area contributed by atoms with Gasteiger partial charge in [-0.3, -0.25) is 9.59 Å². The van der Waals surface area contributed by atoms with E-state index in [1.807, 2.05) is 0 Å². The van der Waals surface area contributed by atoms with E-state index >= 15 is 0 Å². The fourth-order valence-electron chi connectivity index (χ4n) is 1.09. The van der Waals surface area contributed by atoms with Gasteiger partial charge >= 0.3 is 5.97 Å². The molecule has 0 saturated carbocycles. The molecule has 1 aromatic rings. The van der Waals surface area contributed by atoms with Gasteiger partial charge in [-0.15, -0.1) is 0 Å². The molecule has 0 aliphatic heterocycles. The monoisotopic (exact) mass is 223 g/mol. The molecule has 0 aliphatic rings. The average Bonchev–Trinajstić information content (AvgIpc) is 2.21. The first kappa shape index (κ1) is 12.0. The number of hydrogen-bond acceptors (Lipinski definition) is 4. The van der Waals surface area contributed by atoms with Crippen LogP contribution in [0.5, 0.6) is 5.75 Å². The number of aromatic hydroxyl groups is 1.